The van der Waals surface area contributed by atoms with Gasteiger partial charge in [-0.1, -0.05) is 18.2 Å². The van der Waals surface area contributed by atoms with Crippen LogP contribution in [0.25, 0.3) is 0 Å². The van der Waals surface area contributed by atoms with Crippen molar-refractivity contribution in [2.45, 2.75) is 19.3 Å². The fourth-order valence-corrected chi connectivity index (χ4v) is 3.30. The number of para-hydroxylation sites is 1. The van der Waals surface area contributed by atoms with Gasteiger partial charge < -0.3 is 15.5 Å². The van der Waals surface area contributed by atoms with Crippen LogP contribution in [0.5, 0.6) is 0 Å². The van der Waals surface area contributed by atoms with Gasteiger partial charge in [-0.05, 0) is 62.3 Å². The van der Waals surface area contributed by atoms with Gasteiger partial charge in [-0.15, -0.1) is 0 Å². The Bertz CT molecular complexity index is 835. The topological polar surface area (TPSA) is 85.2 Å². The van der Waals surface area contributed by atoms with Crippen LogP contribution in [0.2, 0.25) is 0 Å². The molecule has 0 spiro atoms. The van der Waals surface area contributed by atoms with Crippen LogP contribution >= 0.6 is 0 Å². The highest BCUT2D eigenvalue weighted by atomic mass is 16.2. The first-order chi connectivity index (χ1) is 13.6. The van der Waals surface area contributed by atoms with Crippen LogP contribution < -0.4 is 10.6 Å². The van der Waals surface area contributed by atoms with Crippen LogP contribution in [0.4, 0.5) is 11.4 Å². The third-order valence-corrected chi connectivity index (χ3v) is 4.95. The molecule has 0 atom stereocenters. The molecule has 0 aromatic heterocycles. The van der Waals surface area contributed by atoms with Crippen LogP contribution in [0.3, 0.4) is 0 Å². The highest BCUT2D eigenvalue weighted by Crippen LogP contribution is 2.20. The average molecular weight is 376 g/mol. The monoisotopic (exact) mass is 376 g/mol. The summed E-state index contributed by atoms with van der Waals surface area (Å²) in [5, 5.41) is 14.6. The van der Waals surface area contributed by atoms with E-state index in [4.69, 9.17) is 5.26 Å². The number of nitrogens with one attached hydrogen (secondary N) is 2. The first-order valence-corrected chi connectivity index (χ1v) is 9.52. The lowest BCUT2D eigenvalue weighted by atomic mass is 9.95. The maximum Gasteiger partial charge on any atom is 0.227 e. The SMILES string of the molecule is N#Cc1ccc(NC(=O)CCN2CCC(C(=O)Nc3ccccc3)CC2)cc1. The molecule has 28 heavy (non-hydrogen) atoms. The average Bonchev–Trinajstić information content (AvgIpc) is 2.74. The number of anilines is 2. The number of nitrogens with zero attached hydrogens (tertiary/aromatic N) is 2. The fraction of sp³-hybridized carbons (Fsp3) is 0.318. The summed E-state index contributed by atoms with van der Waals surface area (Å²) in [4.78, 5) is 26.7. The van der Waals surface area contributed by atoms with Gasteiger partial charge >= 0.3 is 0 Å². The molecule has 3 rings (SSSR count). The predicted molar refractivity (Wildman–Crippen MR) is 109 cm³/mol. The van der Waals surface area contributed by atoms with Crippen molar-refractivity contribution in [3.8, 4) is 6.07 Å². The summed E-state index contributed by atoms with van der Waals surface area (Å²) in [6.45, 7) is 2.31. The Hall–Kier alpha value is -3.17. The Kier molecular flexibility index (Phi) is 6.77. The smallest absolute Gasteiger partial charge is 0.227 e. The van der Waals surface area contributed by atoms with E-state index in [1.165, 1.54) is 0 Å². The van der Waals surface area contributed by atoms with Crippen molar-refractivity contribution >= 4 is 23.2 Å². The van der Waals surface area contributed by atoms with Crippen molar-refractivity contribution in [2.24, 2.45) is 5.92 Å². The number of carbonyl (C=O) groups excluding carboxylic acids is 2. The number of carbonyl (C=O) groups is 2. The summed E-state index contributed by atoms with van der Waals surface area (Å²) in [6.07, 6.45) is 2.01. The number of hydrogen-bond acceptors (Lipinski definition) is 4. The molecule has 2 amide bonds. The van der Waals surface area contributed by atoms with E-state index >= 15 is 0 Å². The lowest BCUT2D eigenvalue weighted by Gasteiger charge is -2.31. The van der Waals surface area contributed by atoms with E-state index in [1.807, 2.05) is 30.3 Å². The first kappa shape index (κ1) is 19.6. The molecule has 2 aromatic rings. The van der Waals surface area contributed by atoms with E-state index in [2.05, 4.69) is 21.6 Å². The minimum Gasteiger partial charge on any atom is -0.326 e. The van der Waals surface area contributed by atoms with Crippen LogP contribution in [0.15, 0.2) is 54.6 Å². The maximum atomic E-state index is 12.4. The number of benzene rings is 2. The van der Waals surface area contributed by atoms with Gasteiger partial charge in [0.15, 0.2) is 0 Å². The first-order valence-electron chi connectivity index (χ1n) is 9.52. The molecule has 0 aliphatic carbocycles. The Balaban J connectivity index is 1.37. The van der Waals surface area contributed by atoms with Gasteiger partial charge in [-0.25, -0.2) is 0 Å². The van der Waals surface area contributed by atoms with Crippen molar-refractivity contribution in [3.05, 3.63) is 60.2 Å². The molecule has 0 radical (unpaired) electrons. The minimum absolute atomic E-state index is 0.0175. The van der Waals surface area contributed by atoms with Gasteiger partial charge in [0, 0.05) is 30.3 Å². The zero-order chi connectivity index (χ0) is 19.8. The summed E-state index contributed by atoms with van der Waals surface area (Å²) in [7, 11) is 0. The van der Waals surface area contributed by atoms with Gasteiger partial charge in [-0.3, -0.25) is 9.59 Å². The summed E-state index contributed by atoms with van der Waals surface area (Å²) in [5.41, 5.74) is 2.09. The zero-order valence-corrected chi connectivity index (χ0v) is 15.7. The van der Waals surface area contributed by atoms with Gasteiger partial charge in [0.2, 0.25) is 11.8 Å². The number of hydrogen-bond donors (Lipinski definition) is 2. The third kappa shape index (κ3) is 5.66. The molecule has 6 nitrogen and oxygen atoms in total. The number of rotatable bonds is 6. The lowest BCUT2D eigenvalue weighted by molar-refractivity contribution is -0.121. The predicted octanol–water partition coefficient (Wildman–Crippen LogP) is 3.24. The molecule has 1 aliphatic rings. The largest absolute Gasteiger partial charge is 0.326 e. The fourth-order valence-electron chi connectivity index (χ4n) is 3.30. The summed E-state index contributed by atoms with van der Waals surface area (Å²) in [6, 6.07) is 18.4. The maximum absolute atomic E-state index is 12.4. The second-order valence-electron chi connectivity index (χ2n) is 6.96. The normalized spacial score (nSPS) is 14.8. The molecule has 1 aliphatic heterocycles. The second-order valence-corrected chi connectivity index (χ2v) is 6.96. The standard InChI is InChI=1S/C22H24N4O2/c23-16-17-6-8-20(9-7-17)24-21(27)12-15-26-13-10-18(11-14-26)22(28)25-19-4-2-1-3-5-19/h1-9,18H,10-15H2,(H,24,27)(H,25,28). The summed E-state index contributed by atoms with van der Waals surface area (Å²) in [5.74, 6) is 0.0435. The number of nitriles is 1. The molecular formula is C22H24N4O2. The molecule has 1 saturated heterocycles. The highest BCUT2D eigenvalue weighted by Gasteiger charge is 2.25. The van der Waals surface area contributed by atoms with Crippen molar-refractivity contribution in [2.75, 3.05) is 30.3 Å². The molecule has 6 heteroatoms. The molecule has 1 heterocycles. The van der Waals surface area contributed by atoms with E-state index in [1.54, 1.807) is 24.3 Å². The Labute approximate surface area is 165 Å². The van der Waals surface area contributed by atoms with E-state index < -0.39 is 0 Å². The van der Waals surface area contributed by atoms with Gasteiger partial charge in [0.25, 0.3) is 0 Å². The van der Waals surface area contributed by atoms with Crippen molar-refractivity contribution in [1.29, 1.82) is 5.26 Å². The molecule has 1 fully saturated rings. The molecule has 0 unspecified atom stereocenters. The number of likely N-dealkylation sites (tertiary alicyclic amines) is 1. The highest BCUT2D eigenvalue weighted by molar-refractivity contribution is 5.92. The number of amides is 2. The van der Waals surface area contributed by atoms with E-state index in [0.29, 0.717) is 24.2 Å². The van der Waals surface area contributed by atoms with Gasteiger partial charge in [0.1, 0.15) is 0 Å². The zero-order valence-electron chi connectivity index (χ0n) is 15.7. The van der Waals surface area contributed by atoms with Crippen molar-refractivity contribution < 1.29 is 9.59 Å². The molecule has 144 valence electrons. The summed E-state index contributed by atoms with van der Waals surface area (Å²) < 4.78 is 0. The molecule has 2 aromatic carbocycles. The summed E-state index contributed by atoms with van der Waals surface area (Å²) >= 11 is 0. The van der Waals surface area contributed by atoms with Crippen molar-refractivity contribution in [3.63, 3.8) is 0 Å². The Morgan fingerprint density at radius 1 is 0.964 bits per heavy atom. The molecule has 0 saturated carbocycles. The second kappa shape index (κ2) is 9.67. The molecular weight excluding hydrogens is 352 g/mol. The third-order valence-electron chi connectivity index (χ3n) is 4.95. The van der Waals surface area contributed by atoms with Gasteiger partial charge in [-0.2, -0.15) is 5.26 Å². The number of piperidine rings is 1. The molecule has 2 N–H and O–H groups in total. The Morgan fingerprint density at radius 2 is 1.61 bits per heavy atom. The minimum atomic E-state index is -0.0475. The quantitative estimate of drug-likeness (QED) is 0.810. The lowest BCUT2D eigenvalue weighted by Crippen LogP contribution is -2.39. The van der Waals surface area contributed by atoms with Gasteiger partial charge in [0.05, 0.1) is 11.6 Å². The van der Waals surface area contributed by atoms with Crippen LogP contribution in [0.1, 0.15) is 24.8 Å². The van der Waals surface area contributed by atoms with E-state index in [0.717, 1.165) is 31.6 Å². The van der Waals surface area contributed by atoms with Crippen LogP contribution in [-0.2, 0) is 9.59 Å². The van der Waals surface area contributed by atoms with Crippen molar-refractivity contribution in [1.82, 2.24) is 4.90 Å². The molecule has 0 bridgehead atoms. The van der Waals surface area contributed by atoms with E-state index in [9.17, 15) is 9.59 Å². The van der Waals surface area contributed by atoms with Crippen LogP contribution in [-0.4, -0.2) is 36.3 Å². The van der Waals surface area contributed by atoms with Crippen LogP contribution in [0, 0.1) is 17.2 Å². The van der Waals surface area contributed by atoms with E-state index in [-0.39, 0.29) is 17.7 Å². The Morgan fingerprint density at radius 3 is 2.25 bits per heavy atom.